The van der Waals surface area contributed by atoms with Crippen LogP contribution in [0.4, 0.5) is 0 Å². The van der Waals surface area contributed by atoms with Crippen LogP contribution in [0.2, 0.25) is 0 Å². The lowest BCUT2D eigenvalue weighted by Gasteiger charge is -2.39. The number of rotatable bonds is 2. The maximum atomic E-state index is 5.59. The summed E-state index contributed by atoms with van der Waals surface area (Å²) in [5.41, 5.74) is 12.8. The maximum Gasteiger partial charge on any atom is 0.235 e. The molecule has 260 valence electrons. The Labute approximate surface area is 330 Å². The molecule has 2 aliphatic rings. The zero-order valence-corrected chi connectivity index (χ0v) is 31.5. The van der Waals surface area contributed by atoms with E-state index in [1.807, 2.05) is 11.8 Å². The summed E-state index contributed by atoms with van der Waals surface area (Å²) in [7, 11) is 0. The number of benzene rings is 8. The van der Waals surface area contributed by atoms with Crippen molar-refractivity contribution in [2.24, 2.45) is 0 Å². The molecule has 56 heavy (non-hydrogen) atoms. The molecular weight excluding hydrogens is 719 g/mol. The summed E-state index contributed by atoms with van der Waals surface area (Å²) >= 11 is 3.65. The number of fused-ring (bicyclic) bond motifs is 16. The van der Waals surface area contributed by atoms with Gasteiger partial charge in [-0.2, -0.15) is 0 Å². The fraction of sp³-hybridized carbons (Fsp3) is 0.0196. The van der Waals surface area contributed by atoms with Crippen molar-refractivity contribution in [2.45, 2.75) is 15.2 Å². The fourth-order valence-corrected chi connectivity index (χ4v) is 12.2. The molecule has 1 spiro atoms. The van der Waals surface area contributed by atoms with Crippen molar-refractivity contribution in [2.75, 3.05) is 0 Å². The van der Waals surface area contributed by atoms with E-state index in [0.717, 1.165) is 37.9 Å². The molecule has 0 fully saturated rings. The lowest BCUT2D eigenvalue weighted by molar-refractivity contribution is 0.724. The highest BCUT2D eigenvalue weighted by atomic mass is 32.2. The largest absolute Gasteiger partial charge is 0.278 e. The van der Waals surface area contributed by atoms with Crippen LogP contribution in [0.5, 0.6) is 0 Å². The quantitative estimate of drug-likeness (QED) is 0.176. The van der Waals surface area contributed by atoms with E-state index in [9.17, 15) is 0 Å². The first kappa shape index (κ1) is 30.8. The van der Waals surface area contributed by atoms with Crippen LogP contribution in [0, 0.1) is 0 Å². The van der Waals surface area contributed by atoms with Crippen molar-refractivity contribution in [3.63, 3.8) is 0 Å². The number of nitrogens with zero attached hydrogens (tertiary/aromatic N) is 3. The molecule has 3 aromatic heterocycles. The number of aromatic nitrogens is 3. The van der Waals surface area contributed by atoms with Crippen LogP contribution in [0.1, 0.15) is 22.3 Å². The molecule has 0 atom stereocenters. The standard InChI is InChI=1S/C51H29N3S2/c1-2-16-31-30(14-1)15-13-21-35(31)47-49-48(36-20-6-11-26-44(36)56-49)53-50(52-47)54-42-25-10-5-19-34(42)37-28-41-46(29-43(37)54)55-45-27-12-9-24-40(45)51(41)38-22-7-3-17-32(38)33-18-4-8-23-39(33)51/h1-29H. The van der Waals surface area contributed by atoms with Crippen LogP contribution >= 0.6 is 23.1 Å². The molecule has 0 saturated heterocycles. The van der Waals surface area contributed by atoms with Gasteiger partial charge in [-0.3, -0.25) is 4.57 Å². The summed E-state index contributed by atoms with van der Waals surface area (Å²) in [4.78, 5) is 13.6. The molecule has 1 aliphatic heterocycles. The smallest absolute Gasteiger partial charge is 0.235 e. The Morgan fingerprint density at radius 3 is 1.93 bits per heavy atom. The second-order valence-corrected chi connectivity index (χ2v) is 17.0. The van der Waals surface area contributed by atoms with Crippen LogP contribution in [-0.2, 0) is 5.41 Å². The Morgan fingerprint density at radius 2 is 1.09 bits per heavy atom. The Kier molecular flexibility index (Phi) is 6.19. The third-order valence-electron chi connectivity index (χ3n) is 12.1. The van der Waals surface area contributed by atoms with E-state index in [0.29, 0.717) is 5.95 Å². The Hall–Kier alpha value is -6.53. The van der Waals surface area contributed by atoms with Crippen LogP contribution in [-0.4, -0.2) is 14.5 Å². The molecule has 0 N–H and O–H groups in total. The van der Waals surface area contributed by atoms with Crippen LogP contribution in [0.3, 0.4) is 0 Å². The number of hydrogen-bond acceptors (Lipinski definition) is 4. The highest BCUT2D eigenvalue weighted by molar-refractivity contribution is 7.99. The summed E-state index contributed by atoms with van der Waals surface area (Å²) in [5, 5.41) is 5.93. The first-order valence-electron chi connectivity index (χ1n) is 19.0. The van der Waals surface area contributed by atoms with E-state index in [1.54, 1.807) is 11.3 Å². The van der Waals surface area contributed by atoms with Crippen molar-refractivity contribution in [3.05, 3.63) is 198 Å². The zero-order valence-electron chi connectivity index (χ0n) is 29.9. The highest BCUT2D eigenvalue weighted by Gasteiger charge is 2.50. The van der Waals surface area contributed by atoms with Crippen molar-refractivity contribution < 1.29 is 0 Å². The molecular formula is C51H29N3S2. The molecule has 3 nitrogen and oxygen atoms in total. The van der Waals surface area contributed by atoms with Gasteiger partial charge in [0.25, 0.3) is 0 Å². The molecule has 11 aromatic rings. The zero-order chi connectivity index (χ0) is 36.5. The molecule has 0 saturated carbocycles. The number of thiophene rings is 1. The molecule has 0 amide bonds. The lowest BCUT2D eigenvalue weighted by atomic mass is 9.67. The van der Waals surface area contributed by atoms with Gasteiger partial charge in [-0.05, 0) is 74.5 Å². The maximum absolute atomic E-state index is 5.59. The van der Waals surface area contributed by atoms with Gasteiger partial charge in [0.2, 0.25) is 5.95 Å². The van der Waals surface area contributed by atoms with E-state index in [1.165, 1.54) is 69.4 Å². The molecule has 0 bridgehead atoms. The van der Waals surface area contributed by atoms with Gasteiger partial charge in [0.15, 0.2) is 0 Å². The second kappa shape index (κ2) is 11.3. The molecule has 5 heteroatoms. The van der Waals surface area contributed by atoms with Crippen molar-refractivity contribution in [3.8, 4) is 28.3 Å². The molecule has 0 unspecified atom stereocenters. The summed E-state index contributed by atoms with van der Waals surface area (Å²) in [6, 6.07) is 64.6. The lowest BCUT2D eigenvalue weighted by Crippen LogP contribution is -2.32. The number of para-hydroxylation sites is 1. The minimum atomic E-state index is -0.450. The monoisotopic (exact) mass is 747 g/mol. The topological polar surface area (TPSA) is 30.7 Å². The summed E-state index contributed by atoms with van der Waals surface area (Å²) < 4.78 is 4.64. The van der Waals surface area contributed by atoms with Crippen molar-refractivity contribution in [1.29, 1.82) is 0 Å². The average molecular weight is 748 g/mol. The van der Waals surface area contributed by atoms with Gasteiger partial charge >= 0.3 is 0 Å². The van der Waals surface area contributed by atoms with E-state index in [-0.39, 0.29) is 0 Å². The molecule has 0 radical (unpaired) electrons. The third-order valence-corrected chi connectivity index (χ3v) is 14.4. The molecule has 4 heterocycles. The Balaban J connectivity index is 1.16. The summed E-state index contributed by atoms with van der Waals surface area (Å²) in [6.45, 7) is 0. The SMILES string of the molecule is c1ccc2c(c1)Sc1cc3c(cc1C21c2ccccc2-c2ccccc21)c1ccccc1n3-c1nc(-c2cccc3ccccc23)c2sc3ccccc3c2n1. The molecule has 13 rings (SSSR count). The summed E-state index contributed by atoms with van der Waals surface area (Å²) in [5.74, 6) is 0.683. The third kappa shape index (κ3) is 3.93. The van der Waals surface area contributed by atoms with Crippen molar-refractivity contribution in [1.82, 2.24) is 14.5 Å². The van der Waals surface area contributed by atoms with Crippen LogP contribution in [0.25, 0.3) is 81.2 Å². The minimum absolute atomic E-state index is 0.450. The van der Waals surface area contributed by atoms with Crippen LogP contribution in [0.15, 0.2) is 186 Å². The van der Waals surface area contributed by atoms with Gasteiger partial charge in [0, 0.05) is 36.2 Å². The Morgan fingerprint density at radius 1 is 0.446 bits per heavy atom. The van der Waals surface area contributed by atoms with E-state index >= 15 is 0 Å². The number of hydrogen-bond donors (Lipinski definition) is 0. The van der Waals surface area contributed by atoms with E-state index in [4.69, 9.17) is 9.97 Å². The first-order chi connectivity index (χ1) is 27.8. The van der Waals surface area contributed by atoms with E-state index in [2.05, 4.69) is 180 Å². The average Bonchev–Trinajstić information content (AvgIpc) is 3.89. The minimum Gasteiger partial charge on any atom is -0.278 e. The second-order valence-electron chi connectivity index (χ2n) is 14.8. The Bertz CT molecular complexity index is 3430. The van der Waals surface area contributed by atoms with Crippen LogP contribution < -0.4 is 0 Å². The van der Waals surface area contributed by atoms with Gasteiger partial charge in [-0.15, -0.1) is 11.3 Å². The normalized spacial score (nSPS) is 13.8. The highest BCUT2D eigenvalue weighted by Crippen LogP contribution is 2.62. The van der Waals surface area contributed by atoms with Gasteiger partial charge in [0.1, 0.15) is 0 Å². The predicted molar refractivity (Wildman–Crippen MR) is 234 cm³/mol. The first-order valence-corrected chi connectivity index (χ1v) is 20.6. The van der Waals surface area contributed by atoms with Gasteiger partial charge in [-0.1, -0.05) is 157 Å². The molecule has 1 aliphatic carbocycles. The van der Waals surface area contributed by atoms with Gasteiger partial charge in [-0.25, -0.2) is 9.97 Å². The summed E-state index contributed by atoms with van der Waals surface area (Å²) in [6.07, 6.45) is 0. The van der Waals surface area contributed by atoms with Gasteiger partial charge in [0.05, 0.1) is 32.4 Å². The van der Waals surface area contributed by atoms with Crippen molar-refractivity contribution >= 4 is 76.0 Å². The fourth-order valence-electron chi connectivity index (χ4n) is 9.83. The van der Waals surface area contributed by atoms with E-state index < -0.39 is 5.41 Å². The predicted octanol–water partition coefficient (Wildman–Crippen LogP) is 13.6. The molecule has 8 aromatic carbocycles. The van der Waals surface area contributed by atoms with Gasteiger partial charge < -0.3 is 0 Å².